The second kappa shape index (κ2) is 3.56. The molecule has 1 aliphatic carbocycles. The van der Waals surface area contributed by atoms with E-state index in [1.807, 2.05) is 6.92 Å². The molecular weight excluding hydrogens is 226 g/mol. The SMILES string of the molecule is Cc1n[nH]c(C)c1S(=O)(=O)NC1(C)CCC1. The largest absolute Gasteiger partial charge is 0.281 e. The van der Waals surface area contributed by atoms with Crippen molar-refractivity contribution in [2.24, 2.45) is 0 Å². The Morgan fingerprint density at radius 2 is 2.00 bits per heavy atom. The van der Waals surface area contributed by atoms with Crippen LogP contribution in [-0.2, 0) is 10.0 Å². The molecule has 0 bridgehead atoms. The van der Waals surface area contributed by atoms with E-state index < -0.39 is 10.0 Å². The number of aryl methyl sites for hydroxylation is 2. The molecule has 2 rings (SSSR count). The van der Waals surface area contributed by atoms with Crippen LogP contribution in [-0.4, -0.2) is 24.2 Å². The van der Waals surface area contributed by atoms with Crippen molar-refractivity contribution in [3.05, 3.63) is 11.4 Å². The fourth-order valence-corrected chi connectivity index (χ4v) is 3.96. The molecule has 0 aromatic carbocycles. The Labute approximate surface area is 95.7 Å². The third kappa shape index (κ3) is 1.87. The number of aromatic nitrogens is 2. The van der Waals surface area contributed by atoms with Gasteiger partial charge in [-0.1, -0.05) is 0 Å². The van der Waals surface area contributed by atoms with Crippen LogP contribution < -0.4 is 4.72 Å². The fraction of sp³-hybridized carbons (Fsp3) is 0.700. The summed E-state index contributed by atoms with van der Waals surface area (Å²) < 4.78 is 27.1. The van der Waals surface area contributed by atoms with E-state index in [1.165, 1.54) is 0 Å². The normalized spacial score (nSPS) is 19.4. The number of sulfonamides is 1. The summed E-state index contributed by atoms with van der Waals surface area (Å²) >= 11 is 0. The molecule has 0 atom stereocenters. The van der Waals surface area contributed by atoms with E-state index in [0.717, 1.165) is 19.3 Å². The zero-order valence-corrected chi connectivity index (χ0v) is 10.6. The molecule has 0 saturated heterocycles. The first-order chi connectivity index (χ1) is 7.34. The molecule has 6 heteroatoms. The molecule has 1 fully saturated rings. The number of nitrogens with zero attached hydrogens (tertiary/aromatic N) is 1. The van der Waals surface area contributed by atoms with Crippen LogP contribution >= 0.6 is 0 Å². The molecule has 0 spiro atoms. The number of rotatable bonds is 3. The zero-order chi connectivity index (χ0) is 12.0. The summed E-state index contributed by atoms with van der Waals surface area (Å²) in [5, 5.41) is 6.61. The van der Waals surface area contributed by atoms with Gasteiger partial charge in [-0.05, 0) is 40.0 Å². The van der Waals surface area contributed by atoms with Crippen molar-refractivity contribution in [3.63, 3.8) is 0 Å². The number of nitrogens with one attached hydrogen (secondary N) is 2. The van der Waals surface area contributed by atoms with Crippen LogP contribution in [0.4, 0.5) is 0 Å². The Bertz CT molecular complexity index is 481. The summed E-state index contributed by atoms with van der Waals surface area (Å²) in [6.45, 7) is 5.36. The molecule has 0 radical (unpaired) electrons. The van der Waals surface area contributed by atoms with Gasteiger partial charge in [0.2, 0.25) is 10.0 Å². The van der Waals surface area contributed by atoms with Crippen LogP contribution in [0.1, 0.15) is 37.6 Å². The predicted octanol–water partition coefficient (Wildman–Crippen LogP) is 1.25. The molecule has 1 aromatic rings. The first-order valence-corrected chi connectivity index (χ1v) is 6.88. The van der Waals surface area contributed by atoms with E-state index in [0.29, 0.717) is 16.3 Å². The average molecular weight is 243 g/mol. The highest BCUT2D eigenvalue weighted by Gasteiger charge is 2.37. The molecule has 90 valence electrons. The molecule has 1 saturated carbocycles. The second-order valence-corrected chi connectivity index (χ2v) is 6.40. The first-order valence-electron chi connectivity index (χ1n) is 5.40. The van der Waals surface area contributed by atoms with Crippen LogP contribution in [0.2, 0.25) is 0 Å². The van der Waals surface area contributed by atoms with E-state index >= 15 is 0 Å². The maximum Gasteiger partial charge on any atom is 0.244 e. The van der Waals surface area contributed by atoms with Crippen molar-refractivity contribution < 1.29 is 8.42 Å². The monoisotopic (exact) mass is 243 g/mol. The van der Waals surface area contributed by atoms with E-state index in [-0.39, 0.29) is 5.54 Å². The van der Waals surface area contributed by atoms with Crippen molar-refractivity contribution in [2.45, 2.75) is 50.5 Å². The van der Waals surface area contributed by atoms with Gasteiger partial charge in [0, 0.05) is 5.54 Å². The van der Waals surface area contributed by atoms with Crippen molar-refractivity contribution >= 4 is 10.0 Å². The van der Waals surface area contributed by atoms with Gasteiger partial charge < -0.3 is 0 Å². The molecule has 5 nitrogen and oxygen atoms in total. The molecule has 1 aliphatic rings. The van der Waals surface area contributed by atoms with Crippen molar-refractivity contribution in [1.29, 1.82) is 0 Å². The summed E-state index contributed by atoms with van der Waals surface area (Å²) in [5.41, 5.74) is 0.843. The van der Waals surface area contributed by atoms with Gasteiger partial charge in [-0.15, -0.1) is 0 Å². The van der Waals surface area contributed by atoms with Crippen LogP contribution in [0.15, 0.2) is 4.90 Å². The third-order valence-electron chi connectivity index (χ3n) is 3.17. The lowest BCUT2D eigenvalue weighted by atomic mass is 9.80. The van der Waals surface area contributed by atoms with E-state index in [2.05, 4.69) is 14.9 Å². The highest BCUT2D eigenvalue weighted by atomic mass is 32.2. The minimum Gasteiger partial charge on any atom is -0.281 e. The standard InChI is InChI=1S/C10H17N3O2S/c1-7-9(8(2)12-11-7)16(14,15)13-10(3)5-4-6-10/h13H,4-6H2,1-3H3,(H,11,12). The number of aromatic amines is 1. The van der Waals surface area contributed by atoms with Crippen molar-refractivity contribution in [3.8, 4) is 0 Å². The molecule has 0 amide bonds. The summed E-state index contributed by atoms with van der Waals surface area (Å²) in [4.78, 5) is 0.292. The average Bonchev–Trinajstić information content (AvgIpc) is 2.43. The zero-order valence-electron chi connectivity index (χ0n) is 9.79. The molecule has 1 heterocycles. The van der Waals surface area contributed by atoms with Crippen LogP contribution in [0.3, 0.4) is 0 Å². The lowest BCUT2D eigenvalue weighted by Crippen LogP contribution is -2.50. The highest BCUT2D eigenvalue weighted by molar-refractivity contribution is 7.89. The van der Waals surface area contributed by atoms with Crippen LogP contribution in [0.25, 0.3) is 0 Å². The summed E-state index contributed by atoms with van der Waals surface area (Å²) in [5.74, 6) is 0. The molecule has 0 aliphatic heterocycles. The molecular formula is C10H17N3O2S. The molecule has 1 aromatic heterocycles. The highest BCUT2D eigenvalue weighted by Crippen LogP contribution is 2.33. The number of hydrogen-bond donors (Lipinski definition) is 2. The Balaban J connectivity index is 2.32. The minimum atomic E-state index is -3.44. The molecule has 0 unspecified atom stereocenters. The van der Waals surface area contributed by atoms with Crippen molar-refractivity contribution in [2.75, 3.05) is 0 Å². The van der Waals surface area contributed by atoms with E-state index in [4.69, 9.17) is 0 Å². The van der Waals surface area contributed by atoms with Gasteiger partial charge in [0.1, 0.15) is 4.90 Å². The topological polar surface area (TPSA) is 74.8 Å². The molecule has 16 heavy (non-hydrogen) atoms. The Morgan fingerprint density at radius 1 is 1.38 bits per heavy atom. The van der Waals surface area contributed by atoms with Gasteiger partial charge >= 0.3 is 0 Å². The van der Waals surface area contributed by atoms with Gasteiger partial charge in [-0.25, -0.2) is 13.1 Å². The maximum atomic E-state index is 12.2. The van der Waals surface area contributed by atoms with Gasteiger partial charge in [-0.3, -0.25) is 5.10 Å². The lowest BCUT2D eigenvalue weighted by molar-refractivity contribution is 0.248. The second-order valence-electron chi connectivity index (χ2n) is 4.78. The third-order valence-corrected chi connectivity index (χ3v) is 5.07. The van der Waals surface area contributed by atoms with Gasteiger partial charge in [0.05, 0.1) is 11.4 Å². The number of H-pyrrole nitrogens is 1. The minimum absolute atomic E-state index is 0.269. The summed E-state index contributed by atoms with van der Waals surface area (Å²) in [6, 6.07) is 0. The van der Waals surface area contributed by atoms with Gasteiger partial charge in [0.25, 0.3) is 0 Å². The van der Waals surface area contributed by atoms with E-state index in [1.54, 1.807) is 13.8 Å². The summed E-state index contributed by atoms with van der Waals surface area (Å²) in [7, 11) is -3.44. The van der Waals surface area contributed by atoms with Gasteiger partial charge in [-0.2, -0.15) is 5.10 Å². The van der Waals surface area contributed by atoms with Gasteiger partial charge in [0.15, 0.2) is 0 Å². The van der Waals surface area contributed by atoms with Crippen LogP contribution in [0.5, 0.6) is 0 Å². The quantitative estimate of drug-likeness (QED) is 0.839. The Hall–Kier alpha value is -0.880. The Morgan fingerprint density at radius 3 is 2.38 bits per heavy atom. The summed E-state index contributed by atoms with van der Waals surface area (Å²) in [6.07, 6.45) is 2.90. The Kier molecular flexibility index (Phi) is 2.58. The van der Waals surface area contributed by atoms with Crippen LogP contribution in [0, 0.1) is 13.8 Å². The van der Waals surface area contributed by atoms with E-state index in [9.17, 15) is 8.42 Å². The number of hydrogen-bond acceptors (Lipinski definition) is 3. The fourth-order valence-electron chi connectivity index (χ4n) is 2.12. The molecule has 2 N–H and O–H groups in total. The lowest BCUT2D eigenvalue weighted by Gasteiger charge is -2.38. The van der Waals surface area contributed by atoms with Crippen molar-refractivity contribution in [1.82, 2.24) is 14.9 Å². The smallest absolute Gasteiger partial charge is 0.244 e. The maximum absolute atomic E-state index is 12.2. The first kappa shape index (κ1) is 11.6. The predicted molar refractivity (Wildman–Crippen MR) is 60.6 cm³/mol.